The van der Waals surface area contributed by atoms with Crippen LogP contribution in [0.2, 0.25) is 0 Å². The first kappa shape index (κ1) is 27.3. The lowest BCUT2D eigenvalue weighted by molar-refractivity contribution is 0.110. The zero-order chi connectivity index (χ0) is 21.3. The second-order valence-corrected chi connectivity index (χ2v) is 9.00. The Morgan fingerprint density at radius 1 is 0.857 bits per heavy atom. The topological polar surface area (TPSA) is 55.8 Å². The van der Waals surface area contributed by atoms with Crippen molar-refractivity contribution < 1.29 is 18.5 Å². The summed E-state index contributed by atoms with van der Waals surface area (Å²) in [6, 6.07) is 10.3. The van der Waals surface area contributed by atoms with Gasteiger partial charge in [0.15, 0.2) is 0 Å². The Labute approximate surface area is 173 Å². The predicted molar refractivity (Wildman–Crippen MR) is 120 cm³/mol. The Balaban J connectivity index is 0.000000861. The average molecular weight is 415 g/mol. The maximum absolute atomic E-state index is 11.9. The maximum atomic E-state index is 11.9. The van der Waals surface area contributed by atoms with Gasteiger partial charge in [0.1, 0.15) is 0 Å². The molecule has 1 N–H and O–H groups in total. The number of aryl methyl sites for hydroxylation is 1. The molecular formula is C23H43O4P. The van der Waals surface area contributed by atoms with Crippen LogP contribution in [0, 0.1) is 18.8 Å². The van der Waals surface area contributed by atoms with Gasteiger partial charge in [-0.3, -0.25) is 9.05 Å². The molecule has 2 atom stereocenters. The van der Waals surface area contributed by atoms with Gasteiger partial charge in [-0.15, -0.1) is 0 Å². The van der Waals surface area contributed by atoms with E-state index in [1.54, 1.807) is 0 Å². The van der Waals surface area contributed by atoms with Crippen molar-refractivity contribution in [2.75, 3.05) is 13.2 Å². The van der Waals surface area contributed by atoms with E-state index >= 15 is 0 Å². The van der Waals surface area contributed by atoms with Gasteiger partial charge in [-0.2, -0.15) is 0 Å². The first-order valence-corrected chi connectivity index (χ1v) is 12.5. The van der Waals surface area contributed by atoms with Crippen molar-refractivity contribution in [2.24, 2.45) is 11.8 Å². The Hall–Kier alpha value is -0.670. The fraction of sp³-hybridized carbons (Fsp3) is 0.739. The predicted octanol–water partition coefficient (Wildman–Crippen LogP) is 7.55. The van der Waals surface area contributed by atoms with Crippen LogP contribution < -0.4 is 0 Å². The summed E-state index contributed by atoms with van der Waals surface area (Å²) < 4.78 is 22.2. The molecule has 0 spiro atoms. The number of unbranched alkanes of at least 4 members (excludes halogenated alkanes) is 2. The summed E-state index contributed by atoms with van der Waals surface area (Å²) >= 11 is 0. The molecular weight excluding hydrogens is 371 g/mol. The Bertz CT molecular complexity index is 483. The molecule has 0 aliphatic carbocycles. The molecule has 0 aliphatic heterocycles. The smallest absolute Gasteiger partial charge is 0.302 e. The molecule has 0 saturated carbocycles. The van der Waals surface area contributed by atoms with Gasteiger partial charge < -0.3 is 4.89 Å². The van der Waals surface area contributed by atoms with E-state index in [-0.39, 0.29) is 0 Å². The van der Waals surface area contributed by atoms with Gasteiger partial charge in [0.25, 0.3) is 0 Å². The zero-order valence-electron chi connectivity index (χ0n) is 18.7. The highest BCUT2D eigenvalue weighted by Crippen LogP contribution is 2.44. The SMILES string of the molecule is CCCCC(CC)COP(=O)(O)OCC(CC)CCCC.Cc1ccccc1. The molecule has 28 heavy (non-hydrogen) atoms. The van der Waals surface area contributed by atoms with Crippen LogP contribution in [-0.2, 0) is 13.6 Å². The van der Waals surface area contributed by atoms with E-state index < -0.39 is 7.82 Å². The standard InChI is InChI=1S/C16H35O4P.C7H8/c1-5-9-11-15(7-3)13-19-21(17,18)20-14-16(8-4)12-10-6-2;1-7-5-3-2-4-6-7/h15-16H,5-14H2,1-4H3,(H,17,18);2-6H,1H3. The molecule has 0 fully saturated rings. The molecule has 1 rings (SSSR count). The van der Waals surface area contributed by atoms with Crippen molar-refractivity contribution in [1.29, 1.82) is 0 Å². The molecule has 1 aromatic carbocycles. The minimum Gasteiger partial charge on any atom is -0.302 e. The number of benzene rings is 1. The van der Waals surface area contributed by atoms with Crippen molar-refractivity contribution in [3.63, 3.8) is 0 Å². The molecule has 1 aromatic rings. The van der Waals surface area contributed by atoms with E-state index in [0.29, 0.717) is 25.0 Å². The second-order valence-electron chi connectivity index (χ2n) is 7.55. The van der Waals surface area contributed by atoms with E-state index in [0.717, 1.165) is 51.4 Å². The number of phosphoric ester groups is 1. The molecule has 0 aliphatic rings. The summed E-state index contributed by atoms with van der Waals surface area (Å²) in [5, 5.41) is 0. The van der Waals surface area contributed by atoms with Gasteiger partial charge >= 0.3 is 7.82 Å². The minimum atomic E-state index is -3.89. The monoisotopic (exact) mass is 414 g/mol. The van der Waals surface area contributed by atoms with Gasteiger partial charge in [-0.05, 0) is 31.6 Å². The van der Waals surface area contributed by atoms with E-state index in [1.165, 1.54) is 5.56 Å². The van der Waals surface area contributed by atoms with Crippen LogP contribution in [0.3, 0.4) is 0 Å². The fourth-order valence-electron chi connectivity index (χ4n) is 2.77. The number of hydrogen-bond donors (Lipinski definition) is 1. The summed E-state index contributed by atoms with van der Waals surface area (Å²) in [7, 11) is -3.89. The lowest BCUT2D eigenvalue weighted by Crippen LogP contribution is -2.12. The van der Waals surface area contributed by atoms with Gasteiger partial charge in [-0.1, -0.05) is 102 Å². The zero-order valence-corrected chi connectivity index (χ0v) is 19.6. The Kier molecular flexibility index (Phi) is 16.8. The van der Waals surface area contributed by atoms with Crippen LogP contribution in [0.25, 0.3) is 0 Å². The molecule has 0 amide bonds. The molecule has 0 radical (unpaired) electrons. The third-order valence-corrected chi connectivity index (χ3v) is 5.92. The largest absolute Gasteiger partial charge is 0.472 e. The Morgan fingerprint density at radius 3 is 1.57 bits per heavy atom. The van der Waals surface area contributed by atoms with Crippen molar-refractivity contribution in [3.05, 3.63) is 35.9 Å². The first-order chi connectivity index (χ1) is 13.4. The quantitative estimate of drug-likeness (QED) is 0.319. The van der Waals surface area contributed by atoms with Crippen LogP contribution in [-0.4, -0.2) is 18.1 Å². The summed E-state index contributed by atoms with van der Waals surface area (Å²) in [5.41, 5.74) is 1.32. The van der Waals surface area contributed by atoms with E-state index in [9.17, 15) is 9.46 Å². The molecule has 2 unspecified atom stereocenters. The minimum absolute atomic E-state index is 0.316. The van der Waals surface area contributed by atoms with Crippen molar-refractivity contribution in [1.82, 2.24) is 0 Å². The highest BCUT2D eigenvalue weighted by Gasteiger charge is 2.24. The summed E-state index contributed by atoms with van der Waals surface area (Å²) in [5.74, 6) is 0.687. The lowest BCUT2D eigenvalue weighted by atomic mass is 10.0. The van der Waals surface area contributed by atoms with Crippen LogP contribution in [0.15, 0.2) is 30.3 Å². The lowest BCUT2D eigenvalue weighted by Gasteiger charge is -2.20. The van der Waals surface area contributed by atoms with Gasteiger partial charge in [0, 0.05) is 0 Å². The molecule has 0 aromatic heterocycles. The van der Waals surface area contributed by atoms with E-state index in [4.69, 9.17) is 9.05 Å². The number of rotatable bonds is 14. The number of hydrogen-bond acceptors (Lipinski definition) is 3. The third kappa shape index (κ3) is 15.3. The summed E-state index contributed by atoms with van der Waals surface area (Å²) in [4.78, 5) is 9.77. The summed E-state index contributed by atoms with van der Waals surface area (Å²) in [6.45, 7) is 11.2. The highest BCUT2D eigenvalue weighted by molar-refractivity contribution is 7.47. The third-order valence-electron chi connectivity index (χ3n) is 4.97. The van der Waals surface area contributed by atoms with Crippen LogP contribution >= 0.6 is 7.82 Å². The molecule has 0 saturated heterocycles. The van der Waals surface area contributed by atoms with E-state index in [2.05, 4.69) is 46.8 Å². The number of phosphoric acid groups is 1. The van der Waals surface area contributed by atoms with Gasteiger partial charge in [0.2, 0.25) is 0 Å². The normalized spacial score (nSPS) is 15.2. The molecule has 5 heteroatoms. The molecule has 0 heterocycles. The summed E-state index contributed by atoms with van der Waals surface area (Å²) in [6.07, 6.45) is 8.56. The van der Waals surface area contributed by atoms with E-state index in [1.807, 2.05) is 18.2 Å². The van der Waals surface area contributed by atoms with Crippen molar-refractivity contribution >= 4 is 7.82 Å². The van der Waals surface area contributed by atoms with Crippen LogP contribution in [0.5, 0.6) is 0 Å². The first-order valence-electron chi connectivity index (χ1n) is 11.0. The van der Waals surface area contributed by atoms with Crippen LogP contribution in [0.1, 0.15) is 84.6 Å². The Morgan fingerprint density at radius 2 is 1.29 bits per heavy atom. The molecule has 4 nitrogen and oxygen atoms in total. The van der Waals surface area contributed by atoms with Crippen molar-refractivity contribution in [3.8, 4) is 0 Å². The fourth-order valence-corrected chi connectivity index (χ4v) is 3.64. The van der Waals surface area contributed by atoms with Gasteiger partial charge in [0.05, 0.1) is 13.2 Å². The molecule has 164 valence electrons. The highest BCUT2D eigenvalue weighted by atomic mass is 31.2. The maximum Gasteiger partial charge on any atom is 0.472 e. The van der Waals surface area contributed by atoms with Gasteiger partial charge in [-0.25, -0.2) is 4.57 Å². The van der Waals surface area contributed by atoms with Crippen LogP contribution in [0.4, 0.5) is 0 Å². The average Bonchev–Trinajstić information content (AvgIpc) is 2.69. The second kappa shape index (κ2) is 17.2. The molecule has 0 bridgehead atoms. The van der Waals surface area contributed by atoms with Crippen molar-refractivity contribution in [2.45, 2.75) is 86.0 Å².